The number of hydrogen-bond donors (Lipinski definition) is 1. The maximum absolute atomic E-state index is 12.9. The van der Waals surface area contributed by atoms with Gasteiger partial charge in [-0.25, -0.2) is 0 Å². The lowest BCUT2D eigenvalue weighted by atomic mass is 9.78. The Labute approximate surface area is 130 Å². The molecule has 1 aliphatic rings. The molecular formula is C17H34N2O2. The molecule has 124 valence electrons. The Bertz CT molecular complexity index is 305. The summed E-state index contributed by atoms with van der Waals surface area (Å²) in [7, 11) is 1.69. The minimum Gasteiger partial charge on any atom is -0.383 e. The molecule has 1 rings (SSSR count). The summed E-state index contributed by atoms with van der Waals surface area (Å²) in [6, 6.07) is 0.604. The van der Waals surface area contributed by atoms with Gasteiger partial charge in [-0.2, -0.15) is 0 Å². The molecule has 0 aromatic carbocycles. The van der Waals surface area contributed by atoms with Gasteiger partial charge in [0, 0.05) is 31.7 Å². The van der Waals surface area contributed by atoms with Crippen molar-refractivity contribution in [2.45, 2.75) is 71.4 Å². The van der Waals surface area contributed by atoms with Crippen LogP contribution in [0.3, 0.4) is 0 Å². The number of hydrogen-bond acceptors (Lipinski definition) is 3. The molecule has 21 heavy (non-hydrogen) atoms. The Hall–Kier alpha value is -0.610. The largest absolute Gasteiger partial charge is 0.383 e. The Morgan fingerprint density at radius 3 is 2.52 bits per heavy atom. The molecule has 0 radical (unpaired) electrons. The van der Waals surface area contributed by atoms with Crippen molar-refractivity contribution >= 4 is 5.91 Å². The first-order valence-corrected chi connectivity index (χ1v) is 8.60. The summed E-state index contributed by atoms with van der Waals surface area (Å²) in [4.78, 5) is 15.0. The number of methoxy groups -OCH3 is 1. The van der Waals surface area contributed by atoms with Gasteiger partial charge in [-0.15, -0.1) is 0 Å². The summed E-state index contributed by atoms with van der Waals surface area (Å²) < 4.78 is 5.19. The molecule has 1 aliphatic carbocycles. The highest BCUT2D eigenvalue weighted by atomic mass is 16.5. The third-order valence-corrected chi connectivity index (χ3v) is 5.05. The molecule has 3 unspecified atom stereocenters. The summed E-state index contributed by atoms with van der Waals surface area (Å²) in [5.74, 6) is 0.814. The van der Waals surface area contributed by atoms with Gasteiger partial charge in [0.05, 0.1) is 6.61 Å². The molecule has 0 spiro atoms. The second-order valence-corrected chi connectivity index (χ2v) is 6.47. The average Bonchev–Trinajstić information content (AvgIpc) is 2.50. The minimum absolute atomic E-state index is 0.0776. The normalized spacial score (nSPS) is 24.1. The lowest BCUT2D eigenvalue weighted by Crippen LogP contribution is -2.46. The molecule has 1 amide bonds. The number of ether oxygens (including phenoxy) is 1. The SMILES string of the molecule is CCC(CC)N(CCOC)C(=O)C(C)C1CCCC(N)C1. The Kier molecular flexibility index (Phi) is 8.27. The van der Waals surface area contributed by atoms with E-state index in [1.54, 1.807) is 7.11 Å². The van der Waals surface area contributed by atoms with Gasteiger partial charge < -0.3 is 15.4 Å². The monoisotopic (exact) mass is 298 g/mol. The van der Waals surface area contributed by atoms with Gasteiger partial charge >= 0.3 is 0 Å². The lowest BCUT2D eigenvalue weighted by Gasteiger charge is -2.37. The highest BCUT2D eigenvalue weighted by Crippen LogP contribution is 2.31. The quantitative estimate of drug-likeness (QED) is 0.749. The molecule has 4 heteroatoms. The molecular weight excluding hydrogens is 264 g/mol. The fourth-order valence-corrected chi connectivity index (χ4v) is 3.58. The van der Waals surface area contributed by atoms with Crippen LogP contribution in [-0.2, 0) is 9.53 Å². The summed E-state index contributed by atoms with van der Waals surface area (Å²) in [6.45, 7) is 7.71. The van der Waals surface area contributed by atoms with Gasteiger partial charge in [-0.1, -0.05) is 27.2 Å². The van der Waals surface area contributed by atoms with Crippen LogP contribution in [0.4, 0.5) is 0 Å². The molecule has 3 atom stereocenters. The van der Waals surface area contributed by atoms with Gasteiger partial charge in [-0.3, -0.25) is 4.79 Å². The first-order chi connectivity index (χ1) is 10.0. The molecule has 0 bridgehead atoms. The Balaban J connectivity index is 2.72. The van der Waals surface area contributed by atoms with Crippen molar-refractivity contribution in [3.05, 3.63) is 0 Å². The molecule has 0 aromatic rings. The number of nitrogens with zero attached hydrogens (tertiary/aromatic N) is 1. The zero-order valence-corrected chi connectivity index (χ0v) is 14.3. The van der Waals surface area contributed by atoms with Gasteiger partial charge in [0.2, 0.25) is 5.91 Å². The molecule has 0 aromatic heterocycles. The van der Waals surface area contributed by atoms with Crippen molar-refractivity contribution < 1.29 is 9.53 Å². The van der Waals surface area contributed by atoms with Gasteiger partial charge in [0.1, 0.15) is 0 Å². The number of rotatable bonds is 8. The minimum atomic E-state index is 0.0776. The fourth-order valence-electron chi connectivity index (χ4n) is 3.58. The molecule has 1 fully saturated rings. The van der Waals surface area contributed by atoms with Crippen LogP contribution in [0.15, 0.2) is 0 Å². The van der Waals surface area contributed by atoms with Gasteiger partial charge in [0.25, 0.3) is 0 Å². The van der Waals surface area contributed by atoms with Crippen molar-refractivity contribution in [3.8, 4) is 0 Å². The topological polar surface area (TPSA) is 55.6 Å². The third-order valence-electron chi connectivity index (χ3n) is 5.05. The molecule has 0 saturated heterocycles. The zero-order valence-electron chi connectivity index (χ0n) is 14.3. The summed E-state index contributed by atoms with van der Waals surface area (Å²) in [5, 5.41) is 0. The highest BCUT2D eigenvalue weighted by Gasteiger charge is 2.32. The second-order valence-electron chi connectivity index (χ2n) is 6.47. The predicted octanol–water partition coefficient (Wildman–Crippen LogP) is 2.80. The van der Waals surface area contributed by atoms with Crippen molar-refractivity contribution in [1.29, 1.82) is 0 Å². The maximum atomic E-state index is 12.9. The van der Waals surface area contributed by atoms with Crippen molar-refractivity contribution in [2.75, 3.05) is 20.3 Å². The number of carbonyl (C=O) groups excluding carboxylic acids is 1. The van der Waals surface area contributed by atoms with Crippen LogP contribution in [0, 0.1) is 11.8 Å². The number of nitrogens with two attached hydrogens (primary N) is 1. The van der Waals surface area contributed by atoms with Crippen LogP contribution < -0.4 is 5.73 Å². The Morgan fingerprint density at radius 1 is 1.33 bits per heavy atom. The highest BCUT2D eigenvalue weighted by molar-refractivity contribution is 5.79. The third kappa shape index (κ3) is 5.26. The van der Waals surface area contributed by atoms with Crippen LogP contribution in [0.5, 0.6) is 0 Å². The van der Waals surface area contributed by atoms with Gasteiger partial charge in [0.15, 0.2) is 0 Å². The van der Waals surface area contributed by atoms with Crippen LogP contribution >= 0.6 is 0 Å². The number of amides is 1. The summed E-state index contributed by atoms with van der Waals surface area (Å²) >= 11 is 0. The van der Waals surface area contributed by atoms with Crippen LogP contribution in [0.25, 0.3) is 0 Å². The summed E-state index contributed by atoms with van der Waals surface area (Å²) in [5.41, 5.74) is 6.09. The van der Waals surface area contributed by atoms with E-state index in [1.807, 2.05) is 4.90 Å². The van der Waals surface area contributed by atoms with E-state index in [-0.39, 0.29) is 12.0 Å². The predicted molar refractivity (Wildman–Crippen MR) is 87.1 cm³/mol. The number of carbonyl (C=O) groups is 1. The van der Waals surface area contributed by atoms with Crippen molar-refractivity contribution in [3.63, 3.8) is 0 Å². The van der Waals surface area contributed by atoms with Gasteiger partial charge in [-0.05, 0) is 38.0 Å². The maximum Gasteiger partial charge on any atom is 0.226 e. The standard InChI is InChI=1S/C17H34N2O2/c1-5-16(6-2)19(10-11-21-4)17(20)13(3)14-8-7-9-15(18)12-14/h13-16H,5-12,18H2,1-4H3. The van der Waals surface area contributed by atoms with Crippen LogP contribution in [0.1, 0.15) is 59.3 Å². The van der Waals surface area contributed by atoms with E-state index >= 15 is 0 Å². The van der Waals surface area contributed by atoms with E-state index < -0.39 is 0 Å². The smallest absolute Gasteiger partial charge is 0.226 e. The first kappa shape index (κ1) is 18.4. The average molecular weight is 298 g/mol. The second kappa shape index (κ2) is 9.42. The molecule has 2 N–H and O–H groups in total. The molecule has 0 aliphatic heterocycles. The van der Waals surface area contributed by atoms with E-state index in [1.165, 1.54) is 0 Å². The van der Waals surface area contributed by atoms with E-state index in [9.17, 15) is 4.79 Å². The van der Waals surface area contributed by atoms with E-state index in [0.29, 0.717) is 31.0 Å². The van der Waals surface area contributed by atoms with E-state index in [2.05, 4.69) is 20.8 Å². The van der Waals surface area contributed by atoms with E-state index in [4.69, 9.17) is 10.5 Å². The first-order valence-electron chi connectivity index (χ1n) is 8.60. The van der Waals surface area contributed by atoms with Crippen LogP contribution in [-0.4, -0.2) is 43.2 Å². The molecule has 0 heterocycles. The zero-order chi connectivity index (χ0) is 15.8. The van der Waals surface area contributed by atoms with E-state index in [0.717, 1.165) is 38.5 Å². The Morgan fingerprint density at radius 2 is 2.00 bits per heavy atom. The van der Waals surface area contributed by atoms with Crippen molar-refractivity contribution in [2.24, 2.45) is 17.6 Å². The van der Waals surface area contributed by atoms with Crippen molar-refractivity contribution in [1.82, 2.24) is 4.90 Å². The summed E-state index contributed by atoms with van der Waals surface area (Å²) in [6.07, 6.45) is 6.41. The lowest BCUT2D eigenvalue weighted by molar-refractivity contribution is -0.140. The fraction of sp³-hybridized carbons (Fsp3) is 0.941. The molecule has 4 nitrogen and oxygen atoms in total. The molecule has 1 saturated carbocycles. The van der Waals surface area contributed by atoms with Crippen LogP contribution in [0.2, 0.25) is 0 Å².